The molecule has 1 aromatic carbocycles. The van der Waals surface area contributed by atoms with Gasteiger partial charge in [-0.1, -0.05) is 12.1 Å². The number of hydrogen-bond donors (Lipinski definition) is 1. The highest BCUT2D eigenvalue weighted by molar-refractivity contribution is 6.07. The summed E-state index contributed by atoms with van der Waals surface area (Å²) >= 11 is 0. The van der Waals surface area contributed by atoms with Gasteiger partial charge in [0.05, 0.1) is 18.9 Å². The lowest BCUT2D eigenvalue weighted by molar-refractivity contribution is -0.144. The first-order valence-corrected chi connectivity index (χ1v) is 10.2. The molecule has 4 rings (SSSR count). The van der Waals surface area contributed by atoms with Crippen LogP contribution in [0.1, 0.15) is 25.7 Å². The van der Waals surface area contributed by atoms with Gasteiger partial charge in [0.2, 0.25) is 11.8 Å². The first-order valence-electron chi connectivity index (χ1n) is 10.2. The topological polar surface area (TPSA) is 71.1 Å². The molecule has 0 aromatic heterocycles. The second kappa shape index (κ2) is 7.99. The van der Waals surface area contributed by atoms with Crippen LogP contribution in [0.15, 0.2) is 24.3 Å². The Bertz CT molecular complexity index is 720. The molecule has 1 N–H and O–H groups in total. The average Bonchev–Trinajstić information content (AvgIpc) is 3.40. The molecule has 7 nitrogen and oxygen atoms in total. The van der Waals surface area contributed by atoms with Gasteiger partial charge in [0.1, 0.15) is 11.2 Å². The Morgan fingerprint density at radius 1 is 1.21 bits per heavy atom. The normalized spacial score (nSPS) is 23.4. The van der Waals surface area contributed by atoms with Gasteiger partial charge in [0, 0.05) is 39.3 Å². The van der Waals surface area contributed by atoms with Crippen molar-refractivity contribution in [2.24, 2.45) is 5.41 Å². The Balaban J connectivity index is 1.32. The van der Waals surface area contributed by atoms with Crippen molar-refractivity contribution < 1.29 is 19.1 Å². The van der Waals surface area contributed by atoms with Crippen LogP contribution in [0.3, 0.4) is 0 Å². The molecule has 2 amide bonds. The predicted molar refractivity (Wildman–Crippen MR) is 105 cm³/mol. The van der Waals surface area contributed by atoms with Crippen molar-refractivity contribution in [3.63, 3.8) is 0 Å². The zero-order chi connectivity index (χ0) is 19.6. The number of rotatable bonds is 6. The minimum Gasteiger partial charge on any atom is -0.495 e. The summed E-state index contributed by atoms with van der Waals surface area (Å²) < 4.78 is 11.0. The second-order valence-electron chi connectivity index (χ2n) is 7.88. The fourth-order valence-corrected chi connectivity index (χ4v) is 4.19. The van der Waals surface area contributed by atoms with Gasteiger partial charge < -0.3 is 24.6 Å². The van der Waals surface area contributed by atoms with E-state index in [1.807, 2.05) is 29.2 Å². The van der Waals surface area contributed by atoms with Gasteiger partial charge in [-0.2, -0.15) is 0 Å². The number of methoxy groups -OCH3 is 1. The molecule has 152 valence electrons. The number of amides is 2. The molecule has 2 aliphatic heterocycles. The minimum absolute atomic E-state index is 0.0167. The van der Waals surface area contributed by atoms with Crippen LogP contribution >= 0.6 is 0 Å². The van der Waals surface area contributed by atoms with E-state index in [9.17, 15) is 9.59 Å². The largest absolute Gasteiger partial charge is 0.495 e. The van der Waals surface area contributed by atoms with Crippen LogP contribution in [0.4, 0.5) is 5.69 Å². The van der Waals surface area contributed by atoms with Gasteiger partial charge in [-0.15, -0.1) is 0 Å². The van der Waals surface area contributed by atoms with E-state index in [1.54, 1.807) is 7.11 Å². The summed E-state index contributed by atoms with van der Waals surface area (Å²) in [6.07, 6.45) is 3.42. The number of anilines is 1. The molecule has 1 aliphatic carbocycles. The molecule has 0 bridgehead atoms. The van der Waals surface area contributed by atoms with Crippen LogP contribution in [0.2, 0.25) is 0 Å². The van der Waals surface area contributed by atoms with Crippen molar-refractivity contribution in [2.75, 3.05) is 51.3 Å². The molecule has 3 aliphatic rings. The molecule has 28 heavy (non-hydrogen) atoms. The molecule has 0 spiro atoms. The quantitative estimate of drug-likeness (QED) is 0.748. The maximum absolute atomic E-state index is 13.1. The van der Waals surface area contributed by atoms with Crippen LogP contribution in [-0.4, -0.2) is 69.3 Å². The zero-order valence-corrected chi connectivity index (χ0v) is 16.5. The number of para-hydroxylation sites is 2. The molecule has 1 aromatic rings. The lowest BCUT2D eigenvalue weighted by Crippen LogP contribution is -2.53. The third-order valence-corrected chi connectivity index (χ3v) is 6.10. The van der Waals surface area contributed by atoms with E-state index in [4.69, 9.17) is 9.47 Å². The molecule has 2 saturated heterocycles. The molecule has 3 fully saturated rings. The Morgan fingerprint density at radius 2 is 1.96 bits per heavy atom. The van der Waals surface area contributed by atoms with Crippen molar-refractivity contribution >= 4 is 17.5 Å². The van der Waals surface area contributed by atoms with E-state index in [0.29, 0.717) is 32.5 Å². The van der Waals surface area contributed by atoms with Crippen molar-refractivity contribution in [3.8, 4) is 5.75 Å². The zero-order valence-electron chi connectivity index (χ0n) is 16.5. The second-order valence-corrected chi connectivity index (χ2v) is 7.88. The fraction of sp³-hybridized carbons (Fsp3) is 0.619. The summed E-state index contributed by atoms with van der Waals surface area (Å²) in [5, 5.41) is 2.96. The number of benzene rings is 1. The van der Waals surface area contributed by atoms with E-state index in [0.717, 1.165) is 44.0 Å². The number of carbonyl (C=O) groups is 2. The summed E-state index contributed by atoms with van der Waals surface area (Å²) in [5.74, 6) is 0.701. The standard InChI is InChI=1S/C21H29N3O4/c1-27-18-7-3-2-6-17(18)23-10-12-24(13-11-23)20(26)21(8-9-21)19(25)22-15-16-5-4-14-28-16/h2-3,6-7,16H,4-5,8-15H2,1H3,(H,22,25). The fourth-order valence-electron chi connectivity index (χ4n) is 4.19. The van der Waals surface area contributed by atoms with Crippen molar-refractivity contribution in [2.45, 2.75) is 31.8 Å². The summed E-state index contributed by atoms with van der Waals surface area (Å²) in [5.41, 5.74) is 0.207. The SMILES string of the molecule is COc1ccccc1N1CCN(C(=O)C2(C(=O)NCC3CCCO3)CC2)CC1. The maximum atomic E-state index is 13.1. The number of ether oxygens (including phenoxy) is 2. The Morgan fingerprint density at radius 3 is 2.61 bits per heavy atom. The van der Waals surface area contributed by atoms with E-state index in [-0.39, 0.29) is 17.9 Å². The van der Waals surface area contributed by atoms with Crippen molar-refractivity contribution in [1.82, 2.24) is 10.2 Å². The first kappa shape index (κ1) is 19.1. The molecule has 1 saturated carbocycles. The van der Waals surface area contributed by atoms with Gasteiger partial charge in [0.15, 0.2) is 0 Å². The van der Waals surface area contributed by atoms with Crippen molar-refractivity contribution in [3.05, 3.63) is 24.3 Å². The third-order valence-electron chi connectivity index (χ3n) is 6.10. The molecular formula is C21H29N3O4. The Kier molecular flexibility index (Phi) is 5.44. The number of nitrogens with zero attached hydrogens (tertiary/aromatic N) is 2. The highest BCUT2D eigenvalue weighted by Gasteiger charge is 2.58. The van der Waals surface area contributed by atoms with E-state index >= 15 is 0 Å². The van der Waals surface area contributed by atoms with Gasteiger partial charge in [-0.05, 0) is 37.8 Å². The number of carbonyl (C=O) groups excluding carboxylic acids is 2. The van der Waals surface area contributed by atoms with Crippen LogP contribution in [-0.2, 0) is 14.3 Å². The Labute approximate surface area is 166 Å². The molecule has 7 heteroatoms. The average molecular weight is 387 g/mol. The molecule has 0 radical (unpaired) electrons. The molecule has 1 atom stereocenters. The first-order chi connectivity index (χ1) is 13.6. The summed E-state index contributed by atoms with van der Waals surface area (Å²) in [6, 6.07) is 7.93. The van der Waals surface area contributed by atoms with E-state index in [2.05, 4.69) is 10.2 Å². The van der Waals surface area contributed by atoms with Crippen LogP contribution in [0.25, 0.3) is 0 Å². The van der Waals surface area contributed by atoms with Gasteiger partial charge >= 0.3 is 0 Å². The number of nitrogens with one attached hydrogen (secondary N) is 1. The van der Waals surface area contributed by atoms with Crippen LogP contribution in [0, 0.1) is 5.41 Å². The van der Waals surface area contributed by atoms with Crippen LogP contribution in [0.5, 0.6) is 5.75 Å². The summed E-state index contributed by atoms with van der Waals surface area (Å²) in [6.45, 7) is 3.99. The number of piperazine rings is 1. The smallest absolute Gasteiger partial charge is 0.238 e. The van der Waals surface area contributed by atoms with Crippen molar-refractivity contribution in [1.29, 1.82) is 0 Å². The summed E-state index contributed by atoms with van der Waals surface area (Å²) in [4.78, 5) is 29.9. The minimum atomic E-state index is -0.842. The highest BCUT2D eigenvalue weighted by Crippen LogP contribution is 2.47. The molecule has 2 heterocycles. The third kappa shape index (κ3) is 3.68. The van der Waals surface area contributed by atoms with Gasteiger partial charge in [-0.25, -0.2) is 0 Å². The molecule has 1 unspecified atom stereocenters. The lowest BCUT2D eigenvalue weighted by Gasteiger charge is -2.38. The van der Waals surface area contributed by atoms with Gasteiger partial charge in [-0.3, -0.25) is 9.59 Å². The van der Waals surface area contributed by atoms with Gasteiger partial charge in [0.25, 0.3) is 0 Å². The molecular weight excluding hydrogens is 358 g/mol. The predicted octanol–water partition coefficient (Wildman–Crippen LogP) is 1.42. The lowest BCUT2D eigenvalue weighted by atomic mass is 10.0. The maximum Gasteiger partial charge on any atom is 0.238 e. The summed E-state index contributed by atoms with van der Waals surface area (Å²) in [7, 11) is 1.67. The number of hydrogen-bond acceptors (Lipinski definition) is 5. The highest BCUT2D eigenvalue weighted by atomic mass is 16.5. The Hall–Kier alpha value is -2.28. The van der Waals surface area contributed by atoms with E-state index < -0.39 is 5.41 Å². The van der Waals surface area contributed by atoms with Crippen LogP contribution < -0.4 is 15.0 Å². The monoisotopic (exact) mass is 387 g/mol. The van der Waals surface area contributed by atoms with E-state index in [1.165, 1.54) is 0 Å².